The van der Waals surface area contributed by atoms with E-state index in [0.29, 0.717) is 12.2 Å². The van der Waals surface area contributed by atoms with Gasteiger partial charge < -0.3 is 10.6 Å². The van der Waals surface area contributed by atoms with Crippen LogP contribution in [-0.4, -0.2) is 23.4 Å². The van der Waals surface area contributed by atoms with Gasteiger partial charge in [0.25, 0.3) is 5.69 Å². The Hall–Kier alpha value is -1.62. The average molecular weight is 249 g/mol. The average Bonchev–Trinajstić information content (AvgIpc) is 2.26. The molecule has 5 heteroatoms. The smallest absolute Gasteiger partial charge is 0.269 e. The van der Waals surface area contributed by atoms with E-state index in [1.54, 1.807) is 12.1 Å². The summed E-state index contributed by atoms with van der Waals surface area (Å²) in [7, 11) is 2.04. The number of benzene rings is 1. The van der Waals surface area contributed by atoms with Gasteiger partial charge in [-0.3, -0.25) is 10.1 Å². The number of hydrogen-bond acceptors (Lipinski definition) is 4. The van der Waals surface area contributed by atoms with Crippen molar-refractivity contribution in [2.24, 2.45) is 5.92 Å². The molecule has 0 atom stereocenters. The molecule has 2 rings (SSSR count). The van der Waals surface area contributed by atoms with Crippen molar-refractivity contribution in [2.75, 3.05) is 19.3 Å². The molecule has 1 saturated carbocycles. The highest BCUT2D eigenvalue weighted by Gasteiger charge is 2.19. The summed E-state index contributed by atoms with van der Waals surface area (Å²) in [5, 5.41) is 10.7. The van der Waals surface area contributed by atoms with Crippen LogP contribution < -0.4 is 5.73 Å². The Balaban J connectivity index is 2.02. The summed E-state index contributed by atoms with van der Waals surface area (Å²) in [5.74, 6) is 0.787. The van der Waals surface area contributed by atoms with Crippen LogP contribution in [-0.2, 0) is 6.54 Å². The number of nitro groups is 1. The molecule has 0 unspecified atom stereocenters. The minimum atomic E-state index is -0.380. The van der Waals surface area contributed by atoms with Crippen LogP contribution in [0.5, 0.6) is 0 Å². The van der Waals surface area contributed by atoms with Crippen molar-refractivity contribution >= 4 is 11.4 Å². The van der Waals surface area contributed by atoms with Crippen LogP contribution in [0.4, 0.5) is 11.4 Å². The van der Waals surface area contributed by atoms with Gasteiger partial charge in [0.2, 0.25) is 0 Å². The molecule has 1 fully saturated rings. The standard InChI is InChI=1S/C13H19N3O2/c1-15(8-10-3-2-4-10)9-11-7-12(16(17)18)5-6-13(11)14/h5-7,10H,2-4,8-9,14H2,1H3. The normalized spacial score (nSPS) is 15.7. The monoisotopic (exact) mass is 249 g/mol. The maximum atomic E-state index is 10.7. The van der Waals surface area contributed by atoms with Crippen LogP contribution in [0.15, 0.2) is 18.2 Å². The largest absolute Gasteiger partial charge is 0.398 e. The summed E-state index contributed by atoms with van der Waals surface area (Å²) in [6.07, 6.45) is 3.93. The van der Waals surface area contributed by atoms with Gasteiger partial charge in [0, 0.05) is 30.9 Å². The van der Waals surface area contributed by atoms with Gasteiger partial charge in [-0.1, -0.05) is 6.42 Å². The Morgan fingerprint density at radius 3 is 2.78 bits per heavy atom. The highest BCUT2D eigenvalue weighted by atomic mass is 16.6. The van der Waals surface area contributed by atoms with Crippen molar-refractivity contribution in [2.45, 2.75) is 25.8 Å². The molecule has 1 aliphatic rings. The Morgan fingerprint density at radius 2 is 2.22 bits per heavy atom. The molecule has 0 radical (unpaired) electrons. The molecule has 18 heavy (non-hydrogen) atoms. The molecule has 0 aliphatic heterocycles. The molecule has 1 aromatic carbocycles. The van der Waals surface area contributed by atoms with Crippen molar-refractivity contribution in [1.82, 2.24) is 4.90 Å². The summed E-state index contributed by atoms with van der Waals surface area (Å²) in [4.78, 5) is 12.5. The summed E-state index contributed by atoms with van der Waals surface area (Å²) >= 11 is 0. The van der Waals surface area contributed by atoms with E-state index in [1.807, 2.05) is 7.05 Å². The first-order chi connectivity index (χ1) is 8.56. The van der Waals surface area contributed by atoms with Gasteiger partial charge in [0.15, 0.2) is 0 Å². The highest BCUT2D eigenvalue weighted by Crippen LogP contribution is 2.28. The molecule has 0 amide bonds. The number of nitrogens with zero attached hydrogens (tertiary/aromatic N) is 2. The third-order valence-corrected chi connectivity index (χ3v) is 3.57. The minimum absolute atomic E-state index is 0.108. The number of nitrogens with two attached hydrogens (primary N) is 1. The second-order valence-corrected chi connectivity index (χ2v) is 5.13. The number of non-ortho nitro benzene ring substituents is 1. The maximum absolute atomic E-state index is 10.7. The van der Waals surface area contributed by atoms with Crippen LogP contribution in [0, 0.1) is 16.0 Å². The van der Waals surface area contributed by atoms with Crippen molar-refractivity contribution < 1.29 is 4.92 Å². The fourth-order valence-corrected chi connectivity index (χ4v) is 2.31. The molecule has 1 aromatic rings. The highest BCUT2D eigenvalue weighted by molar-refractivity contribution is 5.52. The lowest BCUT2D eigenvalue weighted by Gasteiger charge is -2.30. The summed E-state index contributed by atoms with van der Waals surface area (Å²) in [6, 6.07) is 4.64. The van der Waals surface area contributed by atoms with E-state index in [4.69, 9.17) is 5.73 Å². The first-order valence-corrected chi connectivity index (χ1v) is 6.27. The molecular weight excluding hydrogens is 230 g/mol. The van der Waals surface area contributed by atoms with E-state index in [-0.39, 0.29) is 10.6 Å². The first-order valence-electron chi connectivity index (χ1n) is 6.27. The van der Waals surface area contributed by atoms with Gasteiger partial charge in [-0.25, -0.2) is 0 Å². The van der Waals surface area contributed by atoms with Gasteiger partial charge >= 0.3 is 0 Å². The third kappa shape index (κ3) is 2.98. The van der Waals surface area contributed by atoms with Gasteiger partial charge in [-0.2, -0.15) is 0 Å². The predicted octanol–water partition coefficient (Wildman–Crippen LogP) is 2.41. The molecule has 0 heterocycles. The van der Waals surface area contributed by atoms with Crippen LogP contribution in [0.2, 0.25) is 0 Å². The molecule has 1 aliphatic carbocycles. The number of nitro benzene ring substituents is 1. The molecule has 5 nitrogen and oxygen atoms in total. The number of hydrogen-bond donors (Lipinski definition) is 1. The summed E-state index contributed by atoms with van der Waals surface area (Å²) in [6.45, 7) is 1.71. The summed E-state index contributed by atoms with van der Waals surface area (Å²) < 4.78 is 0. The van der Waals surface area contributed by atoms with E-state index in [1.165, 1.54) is 25.3 Å². The van der Waals surface area contributed by atoms with Crippen LogP contribution in [0.1, 0.15) is 24.8 Å². The van der Waals surface area contributed by atoms with Crippen molar-refractivity contribution in [3.8, 4) is 0 Å². The van der Waals surface area contributed by atoms with Gasteiger partial charge in [0.05, 0.1) is 4.92 Å². The topological polar surface area (TPSA) is 72.4 Å². The number of rotatable bonds is 5. The van der Waals surface area contributed by atoms with Crippen molar-refractivity contribution in [1.29, 1.82) is 0 Å². The predicted molar refractivity (Wildman–Crippen MR) is 71.2 cm³/mol. The molecule has 98 valence electrons. The Labute approximate surface area is 107 Å². The van der Waals surface area contributed by atoms with Crippen LogP contribution in [0.25, 0.3) is 0 Å². The molecule has 0 aromatic heterocycles. The van der Waals surface area contributed by atoms with E-state index < -0.39 is 0 Å². The zero-order valence-corrected chi connectivity index (χ0v) is 10.6. The Bertz CT molecular complexity index is 444. The van der Waals surface area contributed by atoms with Crippen molar-refractivity contribution in [3.05, 3.63) is 33.9 Å². The molecule has 0 saturated heterocycles. The number of nitrogen functional groups attached to an aromatic ring is 1. The van der Waals surface area contributed by atoms with Crippen molar-refractivity contribution in [3.63, 3.8) is 0 Å². The van der Waals surface area contributed by atoms with E-state index >= 15 is 0 Å². The Kier molecular flexibility index (Phi) is 3.81. The van der Waals surface area contributed by atoms with Gasteiger partial charge in [-0.05, 0) is 37.4 Å². The molecule has 0 spiro atoms. The second-order valence-electron chi connectivity index (χ2n) is 5.13. The molecule has 0 bridgehead atoms. The lowest BCUT2D eigenvalue weighted by molar-refractivity contribution is -0.384. The fraction of sp³-hybridized carbons (Fsp3) is 0.538. The second kappa shape index (κ2) is 5.35. The van der Waals surface area contributed by atoms with E-state index in [9.17, 15) is 10.1 Å². The Morgan fingerprint density at radius 1 is 1.50 bits per heavy atom. The summed E-state index contributed by atoms with van der Waals surface area (Å²) in [5.41, 5.74) is 7.44. The first kappa shape index (κ1) is 12.8. The number of anilines is 1. The third-order valence-electron chi connectivity index (χ3n) is 3.57. The molecular formula is C13H19N3O2. The fourth-order valence-electron chi connectivity index (χ4n) is 2.31. The minimum Gasteiger partial charge on any atom is -0.398 e. The maximum Gasteiger partial charge on any atom is 0.269 e. The zero-order chi connectivity index (χ0) is 13.1. The SMILES string of the molecule is CN(Cc1cc([N+](=O)[O-])ccc1N)CC1CCC1. The molecule has 2 N–H and O–H groups in total. The van der Waals surface area contributed by atoms with Crippen LogP contribution in [0.3, 0.4) is 0 Å². The lowest BCUT2D eigenvalue weighted by Crippen LogP contribution is -2.29. The van der Waals surface area contributed by atoms with E-state index in [0.717, 1.165) is 18.0 Å². The lowest BCUT2D eigenvalue weighted by atomic mass is 9.85. The quantitative estimate of drug-likeness (QED) is 0.494. The van der Waals surface area contributed by atoms with Gasteiger partial charge in [-0.15, -0.1) is 0 Å². The van der Waals surface area contributed by atoms with E-state index in [2.05, 4.69) is 4.90 Å². The zero-order valence-electron chi connectivity index (χ0n) is 10.6. The van der Waals surface area contributed by atoms with Gasteiger partial charge in [0.1, 0.15) is 0 Å². The van der Waals surface area contributed by atoms with Crippen LogP contribution >= 0.6 is 0 Å².